The number of hydrogen-bond acceptors (Lipinski definition) is 4. The summed E-state index contributed by atoms with van der Waals surface area (Å²) in [7, 11) is -4.67. The van der Waals surface area contributed by atoms with Crippen LogP contribution in [0.15, 0.2) is 61.7 Å². The fraction of sp³-hybridized carbons (Fsp3) is 0.143. The topological polar surface area (TPSA) is 241 Å². The van der Waals surface area contributed by atoms with E-state index in [1.165, 1.54) is 11.1 Å². The van der Waals surface area contributed by atoms with Crippen LogP contribution < -0.4 is 0 Å². The van der Waals surface area contributed by atoms with Gasteiger partial charge in [-0.15, -0.1) is 0 Å². The van der Waals surface area contributed by atoms with Gasteiger partial charge in [0.2, 0.25) is 0 Å². The van der Waals surface area contributed by atoms with E-state index in [0.717, 1.165) is 13.1 Å². The van der Waals surface area contributed by atoms with Crippen molar-refractivity contribution in [3.05, 3.63) is 79.0 Å². The standard InChI is InChI=1S/C14H14N4.3Co.H2N.H2O4S.3H2O/c1-2-14(10-18-8-6-16-12-18)4-3-13(1)9-17-7-5-15-11-17;;;;;1-5(2,3)4;;;/h1-8,11-12H,9-10H2;;;;1H2;(H2,1,2,3,4);3*1H2/q;;;;-1;;;;/p+2. The van der Waals surface area contributed by atoms with Crippen molar-refractivity contribution in [1.29, 1.82) is 0 Å². The fourth-order valence-corrected chi connectivity index (χ4v) is 1.93. The van der Waals surface area contributed by atoms with Gasteiger partial charge in [0.05, 0.1) is 12.7 Å². The van der Waals surface area contributed by atoms with Gasteiger partial charge >= 0.3 is 10.4 Å². The van der Waals surface area contributed by atoms with Gasteiger partial charge in [-0.05, 0) is 11.1 Å². The number of benzene rings is 1. The summed E-state index contributed by atoms with van der Waals surface area (Å²) in [6.07, 6.45) is 11.2. The fourth-order valence-electron chi connectivity index (χ4n) is 1.93. The van der Waals surface area contributed by atoms with E-state index in [9.17, 15) is 0 Å². The smallest absolute Gasteiger partial charge is 0.394 e. The van der Waals surface area contributed by atoms with Gasteiger partial charge < -0.3 is 31.7 Å². The third kappa shape index (κ3) is 18.9. The molecule has 0 spiro atoms. The Labute approximate surface area is 205 Å². The number of nitrogens with two attached hydrogens (primary N) is 1. The summed E-state index contributed by atoms with van der Waals surface area (Å²) in [5.41, 5.74) is 2.56. The van der Waals surface area contributed by atoms with E-state index >= 15 is 0 Å². The van der Waals surface area contributed by atoms with Gasteiger partial charge in [-0.2, -0.15) is 8.42 Å². The molecular weight excluding hydrogens is 559 g/mol. The first kappa shape index (κ1) is 42.9. The summed E-state index contributed by atoms with van der Waals surface area (Å²) in [6.45, 7) is 1.73. The Morgan fingerprint density at radius 3 is 1.23 bits per heavy atom. The molecule has 0 aliphatic rings. The molecule has 3 aromatic rings. The van der Waals surface area contributed by atoms with Crippen molar-refractivity contribution >= 4 is 10.4 Å². The van der Waals surface area contributed by atoms with Crippen LogP contribution in [-0.4, -0.2) is 42.1 Å². The van der Waals surface area contributed by atoms with Crippen molar-refractivity contribution in [3.8, 4) is 0 Å². The van der Waals surface area contributed by atoms with Gasteiger partial charge in [-0.3, -0.25) is 9.11 Å². The summed E-state index contributed by atoms with van der Waals surface area (Å²) >= 11 is 0. The Bertz CT molecular complexity index is 757. The molecule has 0 aliphatic carbocycles. The van der Waals surface area contributed by atoms with Gasteiger partial charge in [0.25, 0.3) is 0 Å². The number of nitrogens with zero attached hydrogens (tertiary/aromatic N) is 4. The Balaban J connectivity index is -0.000000110. The van der Waals surface area contributed by atoms with E-state index < -0.39 is 10.4 Å². The van der Waals surface area contributed by atoms with Crippen LogP contribution in [0.2, 0.25) is 0 Å². The normalized spacial score (nSPS) is 8.33. The van der Waals surface area contributed by atoms with Crippen molar-refractivity contribution in [2.45, 2.75) is 13.1 Å². The monoisotopic (exact) mass is 585 g/mol. The van der Waals surface area contributed by atoms with Crippen LogP contribution in [0.5, 0.6) is 0 Å². The SMILES string of the molecule is O.O=S(=O)(O)O.[Co].[Co].[Co].[NH2-].[OH3+].[OH3+].c1cn(Cc2ccc(Cn3ccnc3)cc2)cn1. The van der Waals surface area contributed by atoms with Gasteiger partial charge in [0.15, 0.2) is 0 Å². The van der Waals surface area contributed by atoms with E-state index in [1.807, 2.05) is 25.0 Å². The second kappa shape index (κ2) is 21.1. The Morgan fingerprint density at radius 1 is 0.767 bits per heavy atom. The second-order valence-corrected chi connectivity index (χ2v) is 5.63. The van der Waals surface area contributed by atoms with Crippen LogP contribution in [0.3, 0.4) is 0 Å². The number of hydrogen-bond donors (Lipinski definition) is 2. The van der Waals surface area contributed by atoms with Crippen molar-refractivity contribution in [1.82, 2.24) is 19.1 Å². The number of imidazole rings is 2. The molecule has 0 saturated carbocycles. The molecule has 2 aromatic heterocycles. The first-order valence-corrected chi connectivity index (χ1v) is 7.99. The van der Waals surface area contributed by atoms with Crippen molar-refractivity contribution in [2.75, 3.05) is 0 Å². The summed E-state index contributed by atoms with van der Waals surface area (Å²) in [5.74, 6) is 0. The molecule has 0 aliphatic heterocycles. The Morgan fingerprint density at radius 2 is 1.03 bits per heavy atom. The average Bonchev–Trinajstić information content (AvgIpc) is 3.12. The van der Waals surface area contributed by atoms with Crippen LogP contribution in [0.1, 0.15) is 11.1 Å². The summed E-state index contributed by atoms with van der Waals surface area (Å²) in [4.78, 5) is 8.08. The predicted molar refractivity (Wildman–Crippen MR) is 102 cm³/mol. The molecular formula is C14H26Co3N5O7S+. The third-order valence-electron chi connectivity index (χ3n) is 2.87. The summed E-state index contributed by atoms with van der Waals surface area (Å²) in [6, 6.07) is 8.64. The average molecular weight is 585 g/mol. The molecule has 0 fully saturated rings. The molecule has 1 aromatic carbocycles. The quantitative estimate of drug-likeness (QED) is 0.304. The van der Waals surface area contributed by atoms with Crippen molar-refractivity contribution in [2.24, 2.45) is 0 Å². The molecule has 16 heteroatoms. The maximum Gasteiger partial charge on any atom is 0.394 e. The maximum atomic E-state index is 8.74. The first-order valence-electron chi connectivity index (χ1n) is 6.59. The molecule has 3 radical (unpaired) electrons. The molecule has 0 bridgehead atoms. The first-order chi connectivity index (χ1) is 10.9. The van der Waals surface area contributed by atoms with Crippen LogP contribution in [0, 0.1) is 0 Å². The Hall–Kier alpha value is -1.13. The second-order valence-electron chi connectivity index (χ2n) is 4.73. The van der Waals surface area contributed by atoms with Gasteiger partial charge in [-0.1, -0.05) is 24.3 Å². The number of rotatable bonds is 4. The summed E-state index contributed by atoms with van der Waals surface area (Å²) < 4.78 is 35.7. The van der Waals surface area contributed by atoms with E-state index in [1.54, 1.807) is 12.4 Å². The molecule has 181 valence electrons. The third-order valence-corrected chi connectivity index (χ3v) is 2.87. The Kier molecular flexibility index (Phi) is 30.2. The molecule has 0 saturated heterocycles. The minimum absolute atomic E-state index is 0. The largest absolute Gasteiger partial charge is 0.693 e. The van der Waals surface area contributed by atoms with Crippen molar-refractivity contribution < 1.29 is 84.3 Å². The summed E-state index contributed by atoms with van der Waals surface area (Å²) in [5, 5.41) is 0. The maximum absolute atomic E-state index is 8.74. The van der Waals surface area contributed by atoms with Crippen LogP contribution in [0.25, 0.3) is 6.15 Å². The van der Waals surface area contributed by atoms with Gasteiger partial charge in [0, 0.05) is 88.2 Å². The molecule has 12 nitrogen and oxygen atoms in total. The van der Waals surface area contributed by atoms with Crippen LogP contribution in [-0.2, 0) is 84.8 Å². The zero-order chi connectivity index (χ0) is 16.7. The van der Waals surface area contributed by atoms with Crippen LogP contribution >= 0.6 is 0 Å². The molecule has 12 N–H and O–H groups in total. The van der Waals surface area contributed by atoms with Gasteiger partial charge in [-0.25, -0.2) is 9.97 Å². The van der Waals surface area contributed by atoms with Gasteiger partial charge in [0.1, 0.15) is 0 Å². The number of aromatic nitrogens is 4. The van der Waals surface area contributed by atoms with E-state index in [2.05, 4.69) is 43.4 Å². The van der Waals surface area contributed by atoms with E-state index in [-0.39, 0.29) is 72.9 Å². The zero-order valence-electron chi connectivity index (χ0n) is 15.3. The molecule has 0 unspecified atom stereocenters. The minimum Gasteiger partial charge on any atom is -0.693 e. The minimum atomic E-state index is -4.67. The van der Waals surface area contributed by atoms with E-state index in [4.69, 9.17) is 17.5 Å². The molecule has 3 rings (SSSR count). The molecule has 30 heavy (non-hydrogen) atoms. The van der Waals surface area contributed by atoms with Crippen LogP contribution in [0.4, 0.5) is 0 Å². The molecule has 2 heterocycles. The zero-order valence-corrected chi connectivity index (χ0v) is 19.3. The van der Waals surface area contributed by atoms with Crippen molar-refractivity contribution in [3.63, 3.8) is 0 Å². The molecule has 0 atom stereocenters. The predicted octanol–water partition coefficient (Wildman–Crippen LogP) is -0.436. The molecule has 0 amide bonds. The van der Waals surface area contributed by atoms with E-state index in [0.29, 0.717) is 0 Å².